The van der Waals surface area contributed by atoms with E-state index in [0.29, 0.717) is 11.5 Å². The molecule has 4 saturated carbocycles. The van der Waals surface area contributed by atoms with Crippen molar-refractivity contribution >= 4 is 5.78 Å². The Balaban J connectivity index is 1.32. The lowest BCUT2D eigenvalue weighted by Crippen LogP contribution is -2.50. The summed E-state index contributed by atoms with van der Waals surface area (Å²) in [4.78, 5) is 25.0. The topological polar surface area (TPSA) is 46.1 Å². The van der Waals surface area contributed by atoms with Gasteiger partial charge in [0, 0.05) is 24.6 Å². The first-order chi connectivity index (χ1) is 12.2. The number of carbonyl (C=O) groups is 1. The van der Waals surface area contributed by atoms with Gasteiger partial charge in [-0.25, -0.2) is 9.97 Å². The molecule has 1 aromatic rings. The molecule has 0 amide bonds. The van der Waals surface area contributed by atoms with E-state index in [0.717, 1.165) is 55.8 Å². The normalized spacial score (nSPS) is 36.9. The zero-order chi connectivity index (χ0) is 16.9. The Morgan fingerprint density at radius 2 is 1.72 bits per heavy atom. The van der Waals surface area contributed by atoms with E-state index in [1.807, 2.05) is 6.07 Å². The van der Waals surface area contributed by atoms with Gasteiger partial charge in [0.15, 0.2) is 5.78 Å². The van der Waals surface area contributed by atoms with Gasteiger partial charge < -0.3 is 4.90 Å². The average Bonchev–Trinajstić information content (AvgIpc) is 3.12. The molecule has 1 saturated heterocycles. The second kappa shape index (κ2) is 6.15. The molecule has 134 valence electrons. The standard InChI is InChI=1S/C21H29N3O/c25-20(21-12-15-9-16(13-21)11-17(10-15)14-21)18-3-5-22-19(23-18)4-8-24-6-1-2-7-24/h3,5,15-17H,1-2,4,6-14H2. The van der Waals surface area contributed by atoms with Gasteiger partial charge in [-0.2, -0.15) is 0 Å². The first kappa shape index (κ1) is 15.9. The van der Waals surface area contributed by atoms with Gasteiger partial charge in [-0.15, -0.1) is 0 Å². The zero-order valence-corrected chi connectivity index (χ0v) is 15.1. The molecule has 4 aliphatic carbocycles. The van der Waals surface area contributed by atoms with Crippen molar-refractivity contribution < 1.29 is 4.79 Å². The maximum Gasteiger partial charge on any atom is 0.187 e. The van der Waals surface area contributed by atoms with E-state index in [1.54, 1.807) is 6.20 Å². The largest absolute Gasteiger partial charge is 0.303 e. The molecule has 0 unspecified atom stereocenters. The van der Waals surface area contributed by atoms with Crippen LogP contribution in [0.5, 0.6) is 0 Å². The van der Waals surface area contributed by atoms with Crippen molar-refractivity contribution in [2.75, 3.05) is 19.6 Å². The fraction of sp³-hybridized carbons (Fsp3) is 0.762. The Hall–Kier alpha value is -1.29. The minimum atomic E-state index is -0.0880. The fourth-order valence-corrected chi connectivity index (χ4v) is 6.57. The Morgan fingerprint density at radius 3 is 2.36 bits per heavy atom. The molecule has 2 heterocycles. The SMILES string of the molecule is O=C(c1ccnc(CCN2CCCC2)n1)C12CC3CC(CC(C3)C1)C2. The van der Waals surface area contributed by atoms with Crippen LogP contribution in [0.4, 0.5) is 0 Å². The molecule has 6 rings (SSSR count). The van der Waals surface area contributed by atoms with E-state index in [2.05, 4.69) is 9.88 Å². The molecule has 0 spiro atoms. The second-order valence-electron chi connectivity index (χ2n) is 9.18. The Morgan fingerprint density at radius 1 is 1.08 bits per heavy atom. The van der Waals surface area contributed by atoms with Gasteiger partial charge in [-0.05, 0) is 88.3 Å². The van der Waals surface area contributed by atoms with Gasteiger partial charge >= 0.3 is 0 Å². The van der Waals surface area contributed by atoms with Crippen molar-refractivity contribution in [1.82, 2.24) is 14.9 Å². The molecule has 4 heteroatoms. The number of rotatable bonds is 5. The highest BCUT2D eigenvalue weighted by Gasteiger charge is 2.54. The maximum absolute atomic E-state index is 13.4. The minimum Gasteiger partial charge on any atom is -0.303 e. The highest BCUT2D eigenvalue weighted by Crippen LogP contribution is 2.60. The van der Waals surface area contributed by atoms with Gasteiger partial charge in [0.25, 0.3) is 0 Å². The van der Waals surface area contributed by atoms with Crippen LogP contribution in [0.15, 0.2) is 12.3 Å². The number of nitrogens with zero attached hydrogens (tertiary/aromatic N) is 3. The lowest BCUT2D eigenvalue weighted by Gasteiger charge is -2.55. The van der Waals surface area contributed by atoms with Crippen molar-refractivity contribution in [3.8, 4) is 0 Å². The lowest BCUT2D eigenvalue weighted by molar-refractivity contribution is -0.0355. The highest BCUT2D eigenvalue weighted by atomic mass is 16.1. The number of likely N-dealkylation sites (tertiary alicyclic amines) is 1. The summed E-state index contributed by atoms with van der Waals surface area (Å²) in [6.45, 7) is 3.42. The van der Waals surface area contributed by atoms with Crippen molar-refractivity contribution in [3.05, 3.63) is 23.8 Å². The Labute approximate surface area is 150 Å². The summed E-state index contributed by atoms with van der Waals surface area (Å²) >= 11 is 0. The first-order valence-corrected chi connectivity index (χ1v) is 10.3. The molecule has 25 heavy (non-hydrogen) atoms. The molecule has 0 radical (unpaired) electrons. The molecule has 5 aliphatic rings. The smallest absolute Gasteiger partial charge is 0.187 e. The van der Waals surface area contributed by atoms with Crippen molar-refractivity contribution in [1.29, 1.82) is 0 Å². The number of ketones is 1. The van der Waals surface area contributed by atoms with E-state index < -0.39 is 0 Å². The number of hydrogen-bond acceptors (Lipinski definition) is 4. The molecule has 0 aromatic carbocycles. The van der Waals surface area contributed by atoms with E-state index in [4.69, 9.17) is 4.98 Å². The summed E-state index contributed by atoms with van der Waals surface area (Å²) in [5, 5.41) is 0. The predicted octanol–water partition coefficient (Wildman–Crippen LogP) is 3.51. The molecular weight excluding hydrogens is 310 g/mol. The molecule has 1 aliphatic heterocycles. The van der Waals surface area contributed by atoms with Crippen LogP contribution in [-0.4, -0.2) is 40.3 Å². The molecular formula is C21H29N3O. The molecule has 0 N–H and O–H groups in total. The van der Waals surface area contributed by atoms with Crippen molar-refractivity contribution in [2.45, 2.75) is 57.8 Å². The third-order valence-electron chi connectivity index (χ3n) is 7.31. The van der Waals surface area contributed by atoms with E-state index in [-0.39, 0.29) is 5.41 Å². The van der Waals surface area contributed by atoms with Gasteiger partial charge in [-0.3, -0.25) is 4.79 Å². The summed E-state index contributed by atoms with van der Waals surface area (Å²) < 4.78 is 0. The molecule has 0 atom stereocenters. The number of aromatic nitrogens is 2. The van der Waals surface area contributed by atoms with Crippen LogP contribution in [0.2, 0.25) is 0 Å². The van der Waals surface area contributed by atoms with Crippen LogP contribution in [0.1, 0.15) is 67.7 Å². The molecule has 5 fully saturated rings. The van der Waals surface area contributed by atoms with Gasteiger partial charge in [0.2, 0.25) is 0 Å². The third kappa shape index (κ3) is 2.92. The van der Waals surface area contributed by atoms with Crippen LogP contribution in [0.3, 0.4) is 0 Å². The van der Waals surface area contributed by atoms with E-state index >= 15 is 0 Å². The summed E-state index contributed by atoms with van der Waals surface area (Å²) in [6.07, 6.45) is 12.8. The monoisotopic (exact) mass is 339 g/mol. The summed E-state index contributed by atoms with van der Waals surface area (Å²) in [5.41, 5.74) is 0.600. The quantitative estimate of drug-likeness (QED) is 0.770. The van der Waals surface area contributed by atoms with Gasteiger partial charge in [0.05, 0.1) is 0 Å². The third-order valence-corrected chi connectivity index (χ3v) is 7.31. The van der Waals surface area contributed by atoms with Crippen LogP contribution >= 0.6 is 0 Å². The predicted molar refractivity (Wildman–Crippen MR) is 96.3 cm³/mol. The lowest BCUT2D eigenvalue weighted by atomic mass is 9.48. The Bertz CT molecular complexity index is 630. The van der Waals surface area contributed by atoms with Crippen LogP contribution < -0.4 is 0 Å². The van der Waals surface area contributed by atoms with E-state index in [9.17, 15) is 4.79 Å². The van der Waals surface area contributed by atoms with Crippen LogP contribution in [0.25, 0.3) is 0 Å². The maximum atomic E-state index is 13.4. The van der Waals surface area contributed by atoms with Crippen molar-refractivity contribution in [3.63, 3.8) is 0 Å². The van der Waals surface area contributed by atoms with Crippen LogP contribution in [0, 0.1) is 23.2 Å². The highest BCUT2D eigenvalue weighted by molar-refractivity contribution is 5.99. The van der Waals surface area contributed by atoms with E-state index in [1.165, 1.54) is 45.2 Å². The first-order valence-electron chi connectivity index (χ1n) is 10.3. The number of hydrogen-bond donors (Lipinski definition) is 0. The second-order valence-corrected chi connectivity index (χ2v) is 9.18. The molecule has 4 nitrogen and oxygen atoms in total. The summed E-state index contributed by atoms with van der Waals surface area (Å²) in [7, 11) is 0. The van der Waals surface area contributed by atoms with Gasteiger partial charge in [-0.1, -0.05) is 0 Å². The minimum absolute atomic E-state index is 0.0880. The van der Waals surface area contributed by atoms with Crippen molar-refractivity contribution in [2.24, 2.45) is 23.2 Å². The Kier molecular flexibility index (Phi) is 3.92. The zero-order valence-electron chi connectivity index (χ0n) is 15.1. The average molecular weight is 339 g/mol. The molecule has 4 bridgehead atoms. The fourth-order valence-electron chi connectivity index (χ4n) is 6.57. The number of Topliss-reactive ketones (excluding diaryl/α,β-unsaturated/α-hetero) is 1. The van der Waals surface area contributed by atoms with Gasteiger partial charge in [0.1, 0.15) is 11.5 Å². The number of carbonyl (C=O) groups excluding carboxylic acids is 1. The molecule has 1 aromatic heterocycles. The summed E-state index contributed by atoms with van der Waals surface area (Å²) in [6, 6.07) is 1.86. The van der Waals surface area contributed by atoms with Crippen LogP contribution in [-0.2, 0) is 6.42 Å². The summed E-state index contributed by atoms with van der Waals surface area (Å²) in [5.74, 6) is 3.57.